The van der Waals surface area contributed by atoms with Crippen LogP contribution in [0, 0.1) is 17.0 Å². The number of benzene rings is 1. The van der Waals surface area contributed by atoms with Crippen molar-refractivity contribution in [3.8, 4) is 0 Å². The molecule has 0 aliphatic rings. The van der Waals surface area contributed by atoms with Crippen molar-refractivity contribution in [3.05, 3.63) is 45.0 Å². The van der Waals surface area contributed by atoms with E-state index in [1.165, 1.54) is 0 Å². The van der Waals surface area contributed by atoms with Crippen LogP contribution in [0.4, 0.5) is 16.4 Å². The number of nitro groups is 1. The number of nitrogens with two attached hydrogens (primary N) is 1. The maximum absolute atomic E-state index is 12.2. The highest BCUT2D eigenvalue weighted by Gasteiger charge is 2.25. The predicted octanol–water partition coefficient (Wildman–Crippen LogP) is 3.00. The molecule has 0 aliphatic heterocycles. The summed E-state index contributed by atoms with van der Waals surface area (Å²) in [5.74, 6) is 0. The van der Waals surface area contributed by atoms with E-state index < -0.39 is 20.6 Å². The SMILES string of the molecule is Cc1c(Cl)cccc1NS(=O)(=O)c1cc([N+](=O)[O-])c(N)s1. The minimum atomic E-state index is -3.96. The predicted molar refractivity (Wildman–Crippen MR) is 82.4 cm³/mol. The number of rotatable bonds is 4. The van der Waals surface area contributed by atoms with E-state index >= 15 is 0 Å². The molecular formula is C11H10ClN3O4S2. The lowest BCUT2D eigenvalue weighted by Gasteiger charge is -2.09. The molecule has 1 aromatic heterocycles. The van der Waals surface area contributed by atoms with Crippen molar-refractivity contribution < 1.29 is 13.3 Å². The zero-order valence-electron chi connectivity index (χ0n) is 10.7. The summed E-state index contributed by atoms with van der Waals surface area (Å²) in [7, 11) is -3.96. The van der Waals surface area contributed by atoms with Crippen LogP contribution in [0.25, 0.3) is 0 Å². The van der Waals surface area contributed by atoms with Gasteiger partial charge in [0, 0.05) is 11.1 Å². The summed E-state index contributed by atoms with van der Waals surface area (Å²) in [6, 6.07) is 5.70. The smallest absolute Gasteiger partial charge is 0.304 e. The highest BCUT2D eigenvalue weighted by molar-refractivity contribution is 7.94. The van der Waals surface area contributed by atoms with Crippen molar-refractivity contribution in [2.75, 3.05) is 10.5 Å². The van der Waals surface area contributed by atoms with Crippen molar-refractivity contribution in [2.45, 2.75) is 11.1 Å². The molecule has 2 rings (SSSR count). The third kappa shape index (κ3) is 3.09. The Kier molecular flexibility index (Phi) is 4.08. The monoisotopic (exact) mass is 347 g/mol. The molecule has 0 unspecified atom stereocenters. The van der Waals surface area contributed by atoms with Gasteiger partial charge in [0.25, 0.3) is 10.0 Å². The lowest BCUT2D eigenvalue weighted by atomic mass is 10.2. The van der Waals surface area contributed by atoms with E-state index in [1.807, 2.05) is 0 Å². The number of sulfonamides is 1. The van der Waals surface area contributed by atoms with Gasteiger partial charge in [0.05, 0.1) is 10.6 Å². The van der Waals surface area contributed by atoms with Crippen LogP contribution in [0.3, 0.4) is 0 Å². The molecule has 0 bridgehead atoms. The Morgan fingerprint density at radius 2 is 2.10 bits per heavy atom. The van der Waals surface area contributed by atoms with E-state index in [-0.39, 0.29) is 9.21 Å². The Hall–Kier alpha value is -1.84. The minimum absolute atomic E-state index is 0.164. The van der Waals surface area contributed by atoms with Gasteiger partial charge in [-0.3, -0.25) is 14.8 Å². The lowest BCUT2D eigenvalue weighted by molar-refractivity contribution is -0.383. The van der Waals surface area contributed by atoms with Crippen LogP contribution in [0.15, 0.2) is 28.5 Å². The number of thiophene rings is 1. The van der Waals surface area contributed by atoms with E-state index in [9.17, 15) is 18.5 Å². The highest BCUT2D eigenvalue weighted by atomic mass is 35.5. The topological polar surface area (TPSA) is 115 Å². The molecule has 0 fully saturated rings. The van der Waals surface area contributed by atoms with Crippen LogP contribution < -0.4 is 10.5 Å². The summed E-state index contributed by atoms with van der Waals surface area (Å²) < 4.78 is 26.6. The molecule has 0 aliphatic carbocycles. The zero-order valence-corrected chi connectivity index (χ0v) is 13.1. The van der Waals surface area contributed by atoms with Crippen LogP contribution in [0.2, 0.25) is 5.02 Å². The fourth-order valence-electron chi connectivity index (χ4n) is 1.56. The molecule has 0 amide bonds. The van der Waals surface area contributed by atoms with Gasteiger partial charge < -0.3 is 5.73 Å². The van der Waals surface area contributed by atoms with Gasteiger partial charge in [0.2, 0.25) is 0 Å². The minimum Gasteiger partial charge on any atom is -0.385 e. The average Bonchev–Trinajstić information content (AvgIpc) is 2.78. The van der Waals surface area contributed by atoms with Crippen LogP contribution >= 0.6 is 22.9 Å². The summed E-state index contributed by atoms with van der Waals surface area (Å²) in [6.07, 6.45) is 0. The van der Waals surface area contributed by atoms with Gasteiger partial charge in [-0.05, 0) is 24.6 Å². The molecule has 21 heavy (non-hydrogen) atoms. The summed E-state index contributed by atoms with van der Waals surface area (Å²) in [6.45, 7) is 1.66. The van der Waals surface area contributed by atoms with E-state index in [0.29, 0.717) is 27.6 Å². The van der Waals surface area contributed by atoms with Gasteiger partial charge in [-0.25, -0.2) is 8.42 Å². The van der Waals surface area contributed by atoms with Crippen LogP contribution in [0.5, 0.6) is 0 Å². The number of hydrogen-bond donors (Lipinski definition) is 2. The summed E-state index contributed by atoms with van der Waals surface area (Å²) in [4.78, 5) is 9.99. The van der Waals surface area contributed by atoms with Crippen molar-refractivity contribution in [1.82, 2.24) is 0 Å². The molecule has 10 heteroatoms. The quantitative estimate of drug-likeness (QED) is 0.651. The summed E-state index contributed by atoms with van der Waals surface area (Å²) >= 11 is 6.55. The molecule has 0 spiro atoms. The van der Waals surface area contributed by atoms with E-state index in [1.54, 1.807) is 25.1 Å². The first-order valence-corrected chi connectivity index (χ1v) is 8.22. The Balaban J connectivity index is 2.41. The first-order chi connectivity index (χ1) is 9.72. The summed E-state index contributed by atoms with van der Waals surface area (Å²) in [5, 5.41) is 11.0. The third-order valence-electron chi connectivity index (χ3n) is 2.69. The second-order valence-electron chi connectivity index (χ2n) is 4.09. The van der Waals surface area contributed by atoms with Gasteiger partial charge in [0.15, 0.2) is 5.00 Å². The van der Waals surface area contributed by atoms with E-state index in [0.717, 1.165) is 6.07 Å². The largest absolute Gasteiger partial charge is 0.385 e. The van der Waals surface area contributed by atoms with Gasteiger partial charge in [-0.2, -0.15) is 0 Å². The van der Waals surface area contributed by atoms with Crippen molar-refractivity contribution >= 4 is 49.3 Å². The number of nitrogens with one attached hydrogen (secondary N) is 1. The Bertz CT molecular complexity index is 817. The molecular weight excluding hydrogens is 338 g/mol. The molecule has 1 aromatic carbocycles. The lowest BCUT2D eigenvalue weighted by Crippen LogP contribution is -2.12. The van der Waals surface area contributed by atoms with Gasteiger partial charge >= 0.3 is 5.69 Å². The number of anilines is 2. The maximum atomic E-state index is 12.2. The summed E-state index contributed by atoms with van der Waals surface area (Å²) in [5.41, 5.74) is 5.88. The Morgan fingerprint density at radius 1 is 1.43 bits per heavy atom. The number of nitrogens with zero attached hydrogens (tertiary/aromatic N) is 1. The maximum Gasteiger partial charge on any atom is 0.304 e. The fourth-order valence-corrected chi connectivity index (χ4v) is 4.07. The standard InChI is InChI=1S/C11H10ClN3O4S2/c1-6-7(12)3-2-4-8(6)14-21(18,19)10-5-9(15(16)17)11(13)20-10/h2-5,14H,13H2,1H3. The molecule has 2 aromatic rings. The van der Waals surface area contributed by atoms with Crippen molar-refractivity contribution in [1.29, 1.82) is 0 Å². The Morgan fingerprint density at radius 3 is 2.67 bits per heavy atom. The number of nitrogen functional groups attached to an aromatic ring is 1. The third-order valence-corrected chi connectivity index (χ3v) is 5.89. The second-order valence-corrected chi connectivity index (χ2v) is 7.49. The van der Waals surface area contributed by atoms with Crippen molar-refractivity contribution in [3.63, 3.8) is 0 Å². The highest BCUT2D eigenvalue weighted by Crippen LogP contribution is 2.35. The first kappa shape index (κ1) is 15.5. The van der Waals surface area contributed by atoms with Crippen LogP contribution in [-0.2, 0) is 10.0 Å². The molecule has 0 atom stereocenters. The molecule has 1 heterocycles. The molecule has 3 N–H and O–H groups in total. The van der Waals surface area contributed by atoms with Crippen LogP contribution in [-0.4, -0.2) is 13.3 Å². The Labute approximate surface area is 129 Å². The van der Waals surface area contributed by atoms with Gasteiger partial charge in [-0.15, -0.1) is 0 Å². The zero-order chi connectivity index (χ0) is 15.8. The molecule has 0 saturated carbocycles. The van der Waals surface area contributed by atoms with E-state index in [4.69, 9.17) is 17.3 Å². The fraction of sp³-hybridized carbons (Fsp3) is 0.0909. The molecule has 0 radical (unpaired) electrons. The second kappa shape index (κ2) is 5.51. The van der Waals surface area contributed by atoms with Crippen molar-refractivity contribution in [2.24, 2.45) is 0 Å². The number of hydrogen-bond acceptors (Lipinski definition) is 6. The molecule has 0 saturated heterocycles. The van der Waals surface area contributed by atoms with Crippen LogP contribution in [0.1, 0.15) is 5.56 Å². The first-order valence-electron chi connectivity index (χ1n) is 5.54. The van der Waals surface area contributed by atoms with Gasteiger partial charge in [-0.1, -0.05) is 29.0 Å². The van der Waals surface area contributed by atoms with E-state index in [2.05, 4.69) is 4.72 Å². The molecule has 112 valence electrons. The normalized spacial score (nSPS) is 11.3. The average molecular weight is 348 g/mol. The molecule has 7 nitrogen and oxygen atoms in total. The number of halogens is 1. The van der Waals surface area contributed by atoms with Gasteiger partial charge in [0.1, 0.15) is 4.21 Å².